The van der Waals surface area contributed by atoms with Gasteiger partial charge in [0.15, 0.2) is 0 Å². The first-order valence-corrected chi connectivity index (χ1v) is 12.2. The predicted molar refractivity (Wildman–Crippen MR) is 118 cm³/mol. The van der Waals surface area contributed by atoms with Gasteiger partial charge in [0.1, 0.15) is 0 Å². The molecule has 156 valence electrons. The molecule has 0 aromatic rings. The van der Waals surface area contributed by atoms with Crippen molar-refractivity contribution in [3.05, 3.63) is 23.3 Å². The van der Waals surface area contributed by atoms with Crippen LogP contribution in [0.2, 0.25) is 0 Å². The van der Waals surface area contributed by atoms with E-state index in [1.165, 1.54) is 51.4 Å². The SMILES string of the molecule is CC1(C)C2CC=C(CNC3CCCCC3NCC3=CCC4CC3C4(C)C)C1C2. The van der Waals surface area contributed by atoms with Crippen molar-refractivity contribution in [2.45, 2.75) is 91.1 Å². The first-order chi connectivity index (χ1) is 13.4. The van der Waals surface area contributed by atoms with Gasteiger partial charge in [0.25, 0.3) is 0 Å². The minimum atomic E-state index is 0.552. The van der Waals surface area contributed by atoms with Crippen LogP contribution >= 0.6 is 0 Å². The van der Waals surface area contributed by atoms with Gasteiger partial charge in [-0.05, 0) is 73.0 Å². The fourth-order valence-corrected chi connectivity index (χ4v) is 7.47. The molecule has 6 unspecified atom stereocenters. The average Bonchev–Trinajstić information content (AvgIpc) is 2.71. The number of hydrogen-bond donors (Lipinski definition) is 2. The van der Waals surface area contributed by atoms with Crippen LogP contribution in [0.3, 0.4) is 0 Å². The maximum absolute atomic E-state index is 4.01. The summed E-state index contributed by atoms with van der Waals surface area (Å²) < 4.78 is 0. The van der Waals surface area contributed by atoms with E-state index >= 15 is 0 Å². The maximum Gasteiger partial charge on any atom is 0.0224 e. The summed E-state index contributed by atoms with van der Waals surface area (Å²) in [5.41, 5.74) is 4.54. The van der Waals surface area contributed by atoms with E-state index in [4.69, 9.17) is 0 Å². The molecular weight excluding hydrogens is 340 g/mol. The lowest BCUT2D eigenvalue weighted by Gasteiger charge is -2.57. The Morgan fingerprint density at radius 2 is 1.18 bits per heavy atom. The van der Waals surface area contributed by atoms with E-state index in [1.54, 1.807) is 11.1 Å². The van der Waals surface area contributed by atoms with Gasteiger partial charge in [0.05, 0.1) is 0 Å². The number of rotatable bonds is 6. The first kappa shape index (κ1) is 19.4. The summed E-state index contributed by atoms with van der Waals surface area (Å²) in [6.07, 6.45) is 16.2. The van der Waals surface area contributed by atoms with Gasteiger partial charge in [-0.25, -0.2) is 0 Å². The van der Waals surface area contributed by atoms with Crippen molar-refractivity contribution in [3.63, 3.8) is 0 Å². The number of fused-ring (bicyclic) bond motifs is 2. The van der Waals surface area contributed by atoms with Crippen LogP contribution in [-0.4, -0.2) is 25.2 Å². The highest BCUT2D eigenvalue weighted by molar-refractivity contribution is 5.25. The molecule has 4 bridgehead atoms. The predicted octanol–water partition coefficient (Wildman–Crippen LogP) is 5.46. The van der Waals surface area contributed by atoms with Crippen LogP contribution in [0.25, 0.3) is 0 Å². The van der Waals surface area contributed by atoms with Crippen LogP contribution in [0, 0.1) is 34.5 Å². The van der Waals surface area contributed by atoms with Gasteiger partial charge >= 0.3 is 0 Å². The Hall–Kier alpha value is -0.600. The Morgan fingerprint density at radius 3 is 1.54 bits per heavy atom. The van der Waals surface area contributed by atoms with Crippen LogP contribution in [0.5, 0.6) is 0 Å². The Balaban J connectivity index is 1.16. The largest absolute Gasteiger partial charge is 0.309 e. The molecule has 0 radical (unpaired) electrons. The number of hydrogen-bond acceptors (Lipinski definition) is 2. The summed E-state index contributed by atoms with van der Waals surface area (Å²) in [5.74, 6) is 3.58. The van der Waals surface area contributed by atoms with Gasteiger partial charge in [-0.2, -0.15) is 0 Å². The van der Waals surface area contributed by atoms with Gasteiger partial charge in [0.2, 0.25) is 0 Å². The monoisotopic (exact) mass is 382 g/mol. The highest BCUT2D eigenvalue weighted by Gasteiger charge is 2.52. The minimum absolute atomic E-state index is 0.552. The lowest BCUT2D eigenvalue weighted by molar-refractivity contribution is -0.00840. The summed E-state index contributed by atoms with van der Waals surface area (Å²) in [6.45, 7) is 12.2. The van der Waals surface area contributed by atoms with Crippen molar-refractivity contribution in [1.29, 1.82) is 0 Å². The molecule has 7 aliphatic carbocycles. The van der Waals surface area contributed by atoms with Gasteiger partial charge in [-0.3, -0.25) is 0 Å². The van der Waals surface area contributed by atoms with E-state index in [1.807, 2.05) is 0 Å². The second-order valence-electron chi connectivity index (χ2n) is 11.9. The number of allylic oxidation sites excluding steroid dienone is 2. The van der Waals surface area contributed by atoms with Crippen molar-refractivity contribution in [3.8, 4) is 0 Å². The summed E-state index contributed by atoms with van der Waals surface area (Å²) in [4.78, 5) is 0. The van der Waals surface area contributed by atoms with E-state index in [2.05, 4.69) is 50.5 Å². The number of nitrogens with one attached hydrogen (secondary N) is 2. The summed E-state index contributed by atoms with van der Waals surface area (Å²) in [5, 5.41) is 8.02. The topological polar surface area (TPSA) is 24.1 Å². The maximum atomic E-state index is 4.01. The molecule has 3 saturated carbocycles. The minimum Gasteiger partial charge on any atom is -0.309 e. The van der Waals surface area contributed by atoms with Crippen LogP contribution in [0.15, 0.2) is 23.3 Å². The quantitative estimate of drug-likeness (QED) is 0.596. The van der Waals surface area contributed by atoms with Crippen LogP contribution in [0.4, 0.5) is 0 Å². The highest BCUT2D eigenvalue weighted by Crippen LogP contribution is 2.59. The fraction of sp³-hybridized carbons (Fsp3) is 0.846. The standard InChI is InChI=1S/C26H42N2/c1-25(2)19-11-9-17(21(25)13-19)15-27-23-7-5-6-8-24(23)28-16-18-10-12-20-14-22(18)26(20,3)4/h9-10,19-24,27-28H,5-8,11-16H2,1-4H3. The first-order valence-electron chi connectivity index (χ1n) is 12.2. The molecule has 0 aromatic carbocycles. The third-order valence-corrected chi connectivity index (χ3v) is 10.1. The molecule has 7 aliphatic rings. The summed E-state index contributed by atoms with van der Waals surface area (Å²) in [7, 11) is 0. The van der Waals surface area contributed by atoms with Crippen molar-refractivity contribution >= 4 is 0 Å². The third-order valence-electron chi connectivity index (χ3n) is 10.1. The van der Waals surface area contributed by atoms with Gasteiger partial charge in [-0.15, -0.1) is 0 Å². The second kappa shape index (κ2) is 6.98. The fourth-order valence-electron chi connectivity index (χ4n) is 7.47. The molecule has 0 spiro atoms. The van der Waals surface area contributed by atoms with Crippen LogP contribution < -0.4 is 10.6 Å². The normalized spacial score (nSPS) is 42.7. The van der Waals surface area contributed by atoms with Gasteiger partial charge in [0, 0.05) is 25.2 Å². The van der Waals surface area contributed by atoms with Gasteiger partial charge in [-0.1, -0.05) is 63.8 Å². The van der Waals surface area contributed by atoms with Crippen molar-refractivity contribution in [2.75, 3.05) is 13.1 Å². The third kappa shape index (κ3) is 3.05. The molecular formula is C26H42N2. The zero-order valence-corrected chi connectivity index (χ0v) is 18.7. The molecule has 2 nitrogen and oxygen atoms in total. The Bertz CT molecular complexity index is 612. The second-order valence-corrected chi connectivity index (χ2v) is 11.9. The summed E-state index contributed by atoms with van der Waals surface area (Å²) in [6, 6.07) is 1.31. The molecule has 2 N–H and O–H groups in total. The molecule has 0 aromatic heterocycles. The van der Waals surface area contributed by atoms with E-state index in [0.717, 1.165) is 36.8 Å². The summed E-state index contributed by atoms with van der Waals surface area (Å²) >= 11 is 0. The highest BCUT2D eigenvalue weighted by atomic mass is 15.0. The molecule has 0 amide bonds. The van der Waals surface area contributed by atoms with E-state index in [9.17, 15) is 0 Å². The van der Waals surface area contributed by atoms with E-state index in [-0.39, 0.29) is 0 Å². The molecule has 28 heavy (non-hydrogen) atoms. The van der Waals surface area contributed by atoms with Crippen molar-refractivity contribution in [1.82, 2.24) is 10.6 Å². The lowest BCUT2D eigenvalue weighted by Crippen LogP contribution is -2.54. The van der Waals surface area contributed by atoms with E-state index in [0.29, 0.717) is 22.9 Å². The Kier molecular flexibility index (Phi) is 4.83. The molecule has 2 heteroatoms. The molecule has 6 atom stereocenters. The van der Waals surface area contributed by atoms with Crippen molar-refractivity contribution in [2.24, 2.45) is 34.5 Å². The van der Waals surface area contributed by atoms with Crippen molar-refractivity contribution < 1.29 is 0 Å². The zero-order chi connectivity index (χ0) is 19.5. The zero-order valence-electron chi connectivity index (χ0n) is 18.7. The van der Waals surface area contributed by atoms with E-state index < -0.39 is 0 Å². The van der Waals surface area contributed by atoms with Crippen LogP contribution in [-0.2, 0) is 0 Å². The van der Waals surface area contributed by atoms with Crippen LogP contribution in [0.1, 0.15) is 79.1 Å². The molecule has 0 aliphatic heterocycles. The Labute approximate surface area is 173 Å². The average molecular weight is 383 g/mol. The Morgan fingerprint density at radius 1 is 0.750 bits per heavy atom. The van der Waals surface area contributed by atoms with Gasteiger partial charge < -0.3 is 10.6 Å². The molecule has 7 rings (SSSR count). The lowest BCUT2D eigenvalue weighted by atomic mass is 9.49. The molecule has 0 heterocycles. The molecule has 3 fully saturated rings. The molecule has 0 saturated heterocycles. The smallest absolute Gasteiger partial charge is 0.0224 e.